The van der Waals surface area contributed by atoms with Gasteiger partial charge in [0.05, 0.1) is 20.6 Å². The lowest BCUT2D eigenvalue weighted by atomic mass is 9.92. The standard InChI is InChI=1S/C20H18Cl2N2O4S3/c21-17-9-16(14-8-20(29-11-14)30(23,25)26)19(10-18(17)22)24-31(27,28)15-6-5-12-3-1-2-4-13(12)7-15/h5-11,24H,1-4H2,(H2,23,25,26). The monoisotopic (exact) mass is 516 g/mol. The molecular formula is C20H18Cl2N2O4S3. The van der Waals surface area contributed by atoms with Crippen LogP contribution in [-0.2, 0) is 32.9 Å². The van der Waals surface area contributed by atoms with E-state index >= 15 is 0 Å². The minimum atomic E-state index is -3.92. The summed E-state index contributed by atoms with van der Waals surface area (Å²) >= 11 is 13.2. The lowest BCUT2D eigenvalue weighted by Gasteiger charge is -2.18. The van der Waals surface area contributed by atoms with Crippen LogP contribution in [0.25, 0.3) is 11.1 Å². The number of nitrogens with two attached hydrogens (primary N) is 1. The zero-order valence-electron chi connectivity index (χ0n) is 16.1. The predicted molar refractivity (Wildman–Crippen MR) is 125 cm³/mol. The van der Waals surface area contributed by atoms with Gasteiger partial charge in [0.1, 0.15) is 4.21 Å². The molecule has 0 amide bonds. The first-order valence-corrected chi connectivity index (χ1v) is 14.0. The van der Waals surface area contributed by atoms with Crippen molar-refractivity contribution in [2.45, 2.75) is 34.8 Å². The molecule has 0 bridgehead atoms. The lowest BCUT2D eigenvalue weighted by Crippen LogP contribution is -2.15. The summed E-state index contributed by atoms with van der Waals surface area (Å²) in [6, 6.07) is 9.42. The Labute approximate surface area is 195 Å². The van der Waals surface area contributed by atoms with Crippen LogP contribution < -0.4 is 9.86 Å². The highest BCUT2D eigenvalue weighted by Crippen LogP contribution is 2.39. The van der Waals surface area contributed by atoms with Gasteiger partial charge in [-0.25, -0.2) is 22.0 Å². The molecule has 11 heteroatoms. The predicted octanol–water partition coefficient (Wildman–Crippen LogP) is 5.05. The number of hydrogen-bond donors (Lipinski definition) is 2. The summed E-state index contributed by atoms with van der Waals surface area (Å²) in [7, 11) is -7.81. The molecule has 0 saturated carbocycles. The number of rotatable bonds is 5. The second-order valence-corrected chi connectivity index (χ2v) is 12.5. The van der Waals surface area contributed by atoms with Gasteiger partial charge in [-0.1, -0.05) is 29.3 Å². The molecule has 0 unspecified atom stereocenters. The summed E-state index contributed by atoms with van der Waals surface area (Å²) < 4.78 is 52.1. The Morgan fingerprint density at radius 2 is 1.58 bits per heavy atom. The number of fused-ring (bicyclic) bond motifs is 1. The van der Waals surface area contributed by atoms with E-state index in [9.17, 15) is 16.8 Å². The zero-order valence-corrected chi connectivity index (χ0v) is 20.0. The molecule has 1 heterocycles. The molecule has 3 N–H and O–H groups in total. The van der Waals surface area contributed by atoms with Crippen molar-refractivity contribution < 1.29 is 16.8 Å². The molecule has 1 aromatic heterocycles. The topological polar surface area (TPSA) is 106 Å². The number of benzene rings is 2. The summed E-state index contributed by atoms with van der Waals surface area (Å²) in [6.07, 6.45) is 3.93. The maximum Gasteiger partial charge on any atom is 0.261 e. The number of primary sulfonamides is 1. The third kappa shape index (κ3) is 4.76. The van der Waals surface area contributed by atoms with Crippen LogP contribution in [0.5, 0.6) is 0 Å². The van der Waals surface area contributed by atoms with Gasteiger partial charge in [-0.3, -0.25) is 4.72 Å². The van der Waals surface area contributed by atoms with Gasteiger partial charge in [0.15, 0.2) is 0 Å². The molecule has 0 fully saturated rings. The van der Waals surface area contributed by atoms with Crippen LogP contribution in [-0.4, -0.2) is 16.8 Å². The van der Waals surface area contributed by atoms with Gasteiger partial charge in [-0.15, -0.1) is 11.3 Å². The highest BCUT2D eigenvalue weighted by atomic mass is 35.5. The van der Waals surface area contributed by atoms with Gasteiger partial charge < -0.3 is 0 Å². The molecule has 0 radical (unpaired) electrons. The Hall–Kier alpha value is -1.62. The SMILES string of the molecule is NS(=O)(=O)c1cc(-c2cc(Cl)c(Cl)cc2NS(=O)(=O)c2ccc3c(c2)CCCC3)cs1. The van der Waals surface area contributed by atoms with Crippen molar-refractivity contribution in [1.82, 2.24) is 0 Å². The van der Waals surface area contributed by atoms with Crippen molar-refractivity contribution in [3.63, 3.8) is 0 Å². The molecule has 1 aliphatic carbocycles. The second-order valence-electron chi connectivity index (χ2n) is 7.25. The quantitative estimate of drug-likeness (QED) is 0.494. The van der Waals surface area contributed by atoms with Gasteiger partial charge in [-0.05, 0) is 72.7 Å². The van der Waals surface area contributed by atoms with Gasteiger partial charge >= 0.3 is 0 Å². The summed E-state index contributed by atoms with van der Waals surface area (Å²) in [4.78, 5) is 0.153. The molecule has 1 aliphatic rings. The highest BCUT2D eigenvalue weighted by molar-refractivity contribution is 7.92. The fourth-order valence-electron chi connectivity index (χ4n) is 3.56. The van der Waals surface area contributed by atoms with Crippen molar-refractivity contribution in [2.24, 2.45) is 5.14 Å². The Morgan fingerprint density at radius 3 is 2.26 bits per heavy atom. The third-order valence-corrected chi connectivity index (χ3v) is 9.57. The van der Waals surface area contributed by atoms with E-state index in [0.717, 1.165) is 42.6 Å². The first-order chi connectivity index (χ1) is 14.5. The number of thiophene rings is 1. The molecule has 0 atom stereocenters. The van der Waals surface area contributed by atoms with E-state index in [1.54, 1.807) is 17.5 Å². The summed E-state index contributed by atoms with van der Waals surface area (Å²) in [5, 5.41) is 7.13. The Morgan fingerprint density at radius 1 is 0.903 bits per heavy atom. The van der Waals surface area contributed by atoms with Crippen LogP contribution in [0.3, 0.4) is 0 Å². The molecular weight excluding hydrogens is 499 g/mol. The van der Waals surface area contributed by atoms with Crippen LogP contribution >= 0.6 is 34.5 Å². The molecule has 0 spiro atoms. The zero-order chi connectivity index (χ0) is 22.4. The summed E-state index contributed by atoms with van der Waals surface area (Å²) in [5.41, 5.74) is 3.25. The van der Waals surface area contributed by atoms with Crippen molar-refractivity contribution in [1.29, 1.82) is 0 Å². The van der Waals surface area contributed by atoms with Gasteiger partial charge in [0.2, 0.25) is 10.0 Å². The Bertz CT molecular complexity index is 1380. The van der Waals surface area contributed by atoms with E-state index in [1.165, 1.54) is 23.8 Å². The maximum atomic E-state index is 13.1. The van der Waals surface area contributed by atoms with E-state index in [1.807, 2.05) is 6.07 Å². The normalized spacial score (nSPS) is 14.3. The number of hydrogen-bond acceptors (Lipinski definition) is 5. The summed E-state index contributed by atoms with van der Waals surface area (Å²) in [6.45, 7) is 0. The maximum absolute atomic E-state index is 13.1. The molecule has 4 rings (SSSR count). The van der Waals surface area contributed by atoms with Crippen LogP contribution in [0.1, 0.15) is 24.0 Å². The molecule has 2 aromatic carbocycles. The number of aryl methyl sites for hydroxylation is 2. The fraction of sp³-hybridized carbons (Fsp3) is 0.200. The third-order valence-electron chi connectivity index (χ3n) is 5.10. The molecule has 164 valence electrons. The smallest absolute Gasteiger partial charge is 0.261 e. The molecule has 0 aliphatic heterocycles. The van der Waals surface area contributed by atoms with Crippen LogP contribution in [0.2, 0.25) is 10.0 Å². The number of halogens is 2. The van der Waals surface area contributed by atoms with Crippen molar-refractivity contribution in [3.05, 3.63) is 63.0 Å². The van der Waals surface area contributed by atoms with E-state index in [-0.39, 0.29) is 24.8 Å². The van der Waals surface area contributed by atoms with Crippen LogP contribution in [0.15, 0.2) is 50.9 Å². The first kappa shape index (κ1) is 22.6. The van der Waals surface area contributed by atoms with E-state index in [4.69, 9.17) is 28.3 Å². The Balaban J connectivity index is 1.76. The fourth-order valence-corrected chi connectivity index (χ4v) is 6.61. The van der Waals surface area contributed by atoms with Gasteiger partial charge in [0, 0.05) is 10.9 Å². The number of nitrogens with one attached hydrogen (secondary N) is 1. The molecule has 3 aromatic rings. The van der Waals surface area contributed by atoms with Crippen LogP contribution in [0.4, 0.5) is 5.69 Å². The van der Waals surface area contributed by atoms with Crippen molar-refractivity contribution >= 4 is 60.3 Å². The van der Waals surface area contributed by atoms with Crippen LogP contribution in [0, 0.1) is 0 Å². The number of anilines is 1. The Kier molecular flexibility index (Phi) is 6.10. The van der Waals surface area contributed by atoms with Gasteiger partial charge in [0.25, 0.3) is 10.0 Å². The lowest BCUT2D eigenvalue weighted by molar-refractivity contribution is 0.598. The van der Waals surface area contributed by atoms with E-state index in [2.05, 4.69) is 4.72 Å². The van der Waals surface area contributed by atoms with Crippen molar-refractivity contribution in [3.8, 4) is 11.1 Å². The van der Waals surface area contributed by atoms with E-state index in [0.29, 0.717) is 11.1 Å². The minimum absolute atomic E-state index is 0.0444. The average molecular weight is 517 g/mol. The van der Waals surface area contributed by atoms with Crippen molar-refractivity contribution in [2.75, 3.05) is 4.72 Å². The molecule has 6 nitrogen and oxygen atoms in total. The van der Waals surface area contributed by atoms with Gasteiger partial charge in [-0.2, -0.15) is 0 Å². The summed E-state index contributed by atoms with van der Waals surface area (Å²) in [5.74, 6) is 0. The first-order valence-electron chi connectivity index (χ1n) is 9.30. The van der Waals surface area contributed by atoms with E-state index < -0.39 is 20.0 Å². The molecule has 0 saturated heterocycles. The minimum Gasteiger partial charge on any atom is -0.279 e. The number of sulfonamides is 2. The largest absolute Gasteiger partial charge is 0.279 e. The average Bonchev–Trinajstić information content (AvgIpc) is 3.20. The highest BCUT2D eigenvalue weighted by Gasteiger charge is 2.22. The second kappa shape index (κ2) is 8.38. The molecule has 31 heavy (non-hydrogen) atoms.